The molecule has 0 unspecified atom stereocenters. The topological polar surface area (TPSA) is 56.7 Å². The van der Waals surface area contributed by atoms with Crippen molar-refractivity contribution in [1.82, 2.24) is 19.5 Å². The van der Waals surface area contributed by atoms with Gasteiger partial charge in [-0.05, 0) is 69.8 Å². The minimum Gasteiger partial charge on any atom is -0.456 e. The molecule has 0 aliphatic rings. The SMILES string of the molecule is c1ccc(-c2cccc(-c3nc(-c4cc(-n5c6cc7ccccc7cc6c6ccc7ccccc7c65)cc5oc6ccccc6c45)nc(-c4cccc5sc6ccccc6c45)n3)c2)cc1. The summed E-state index contributed by atoms with van der Waals surface area (Å²) in [5, 5.41) is 11.4. The monoisotopic (exact) mass is 846 g/mol. The molecule has 302 valence electrons. The van der Waals surface area contributed by atoms with Gasteiger partial charge in [0.05, 0.1) is 16.7 Å². The third-order valence-corrected chi connectivity index (χ3v) is 14.1. The third-order valence-electron chi connectivity index (χ3n) is 13.0. The van der Waals surface area contributed by atoms with Crippen LogP contribution < -0.4 is 0 Å². The predicted molar refractivity (Wildman–Crippen MR) is 271 cm³/mol. The first kappa shape index (κ1) is 36.1. The molecule has 0 saturated carbocycles. The Morgan fingerprint density at radius 1 is 0.369 bits per heavy atom. The van der Waals surface area contributed by atoms with E-state index in [0.717, 1.165) is 71.9 Å². The third kappa shape index (κ3) is 5.61. The highest BCUT2D eigenvalue weighted by atomic mass is 32.1. The Kier molecular flexibility index (Phi) is 7.79. The van der Waals surface area contributed by atoms with E-state index in [1.807, 2.05) is 18.2 Å². The predicted octanol–water partition coefficient (Wildman–Crippen LogP) is 16.2. The average Bonchev–Trinajstić information content (AvgIpc) is 4.05. The van der Waals surface area contributed by atoms with Crippen LogP contribution in [-0.4, -0.2) is 19.5 Å². The average molecular weight is 847 g/mol. The summed E-state index contributed by atoms with van der Waals surface area (Å²) in [4.78, 5) is 16.4. The van der Waals surface area contributed by atoms with E-state index in [2.05, 4.69) is 193 Å². The molecular weight excluding hydrogens is 813 g/mol. The molecule has 0 N–H and O–H groups in total. The molecule has 14 aromatic rings. The molecular formula is C59H34N4OS. The summed E-state index contributed by atoms with van der Waals surface area (Å²) in [6.07, 6.45) is 0. The van der Waals surface area contributed by atoms with E-state index >= 15 is 0 Å². The van der Waals surface area contributed by atoms with Gasteiger partial charge in [-0.2, -0.15) is 0 Å². The van der Waals surface area contributed by atoms with Crippen LogP contribution in [0.25, 0.3) is 136 Å². The maximum absolute atomic E-state index is 6.84. The Balaban J connectivity index is 1.10. The maximum Gasteiger partial charge on any atom is 0.164 e. The van der Waals surface area contributed by atoms with Crippen LogP contribution in [0.2, 0.25) is 0 Å². The van der Waals surface area contributed by atoms with Gasteiger partial charge in [-0.1, -0.05) is 158 Å². The lowest BCUT2D eigenvalue weighted by Gasteiger charge is -2.14. The molecule has 0 saturated heterocycles. The maximum atomic E-state index is 6.84. The Morgan fingerprint density at radius 3 is 1.91 bits per heavy atom. The van der Waals surface area contributed by atoms with Crippen molar-refractivity contribution in [2.24, 2.45) is 0 Å². The Morgan fingerprint density at radius 2 is 1.03 bits per heavy atom. The fourth-order valence-corrected chi connectivity index (χ4v) is 11.2. The standard InChI is InChI=1S/C59H34N4OS/c1-2-14-35(15-3-1)37-19-12-20-40(30-37)57-60-58(46-24-13-27-53-55(46)45-23-9-11-26-52(45)65-53)62-59(61-57)48-33-41(34-51-54(48)44-22-8-10-25-50(44)64-51)63-49-32-39-18-5-4-17-38(39)31-47(49)43-29-28-36-16-6-7-21-42(36)56(43)63/h1-34H. The Bertz CT molecular complexity index is 4260. The van der Waals surface area contributed by atoms with Crippen molar-refractivity contribution in [3.05, 3.63) is 206 Å². The van der Waals surface area contributed by atoms with Crippen LogP contribution in [0.5, 0.6) is 0 Å². The second-order valence-corrected chi connectivity index (χ2v) is 17.8. The van der Waals surface area contributed by atoms with Gasteiger partial charge in [-0.15, -0.1) is 11.3 Å². The van der Waals surface area contributed by atoms with Gasteiger partial charge in [0, 0.05) is 69.9 Å². The molecule has 5 nitrogen and oxygen atoms in total. The number of hydrogen-bond donors (Lipinski definition) is 0. The van der Waals surface area contributed by atoms with Crippen molar-refractivity contribution in [2.45, 2.75) is 0 Å². The number of thiophene rings is 1. The summed E-state index contributed by atoms with van der Waals surface area (Å²) >= 11 is 1.79. The molecule has 4 aromatic heterocycles. The van der Waals surface area contributed by atoms with Crippen LogP contribution >= 0.6 is 11.3 Å². The Hall–Kier alpha value is -8.45. The molecule has 0 radical (unpaired) electrons. The molecule has 0 spiro atoms. The summed E-state index contributed by atoms with van der Waals surface area (Å²) in [6.45, 7) is 0. The van der Waals surface area contributed by atoms with Crippen molar-refractivity contribution in [3.8, 4) is 51.0 Å². The Labute approximate surface area is 376 Å². The molecule has 0 bridgehead atoms. The van der Waals surface area contributed by atoms with Crippen molar-refractivity contribution in [3.63, 3.8) is 0 Å². The van der Waals surface area contributed by atoms with E-state index in [9.17, 15) is 0 Å². The minimum atomic E-state index is 0.570. The highest BCUT2D eigenvalue weighted by molar-refractivity contribution is 7.25. The van der Waals surface area contributed by atoms with Crippen molar-refractivity contribution < 1.29 is 4.42 Å². The zero-order valence-electron chi connectivity index (χ0n) is 34.7. The van der Waals surface area contributed by atoms with E-state index in [0.29, 0.717) is 17.5 Å². The zero-order valence-corrected chi connectivity index (χ0v) is 35.6. The lowest BCUT2D eigenvalue weighted by atomic mass is 10.0. The highest BCUT2D eigenvalue weighted by Crippen LogP contribution is 2.44. The molecule has 6 heteroatoms. The quantitative estimate of drug-likeness (QED) is 0.173. The van der Waals surface area contributed by atoms with E-state index in [-0.39, 0.29) is 0 Å². The van der Waals surface area contributed by atoms with Crippen LogP contribution in [-0.2, 0) is 0 Å². The lowest BCUT2D eigenvalue weighted by Crippen LogP contribution is -2.02. The molecule has 0 aliphatic carbocycles. The van der Waals surface area contributed by atoms with Crippen molar-refractivity contribution in [1.29, 1.82) is 0 Å². The number of fused-ring (bicyclic) bond motifs is 12. The second-order valence-electron chi connectivity index (χ2n) is 16.7. The van der Waals surface area contributed by atoms with Gasteiger partial charge in [0.2, 0.25) is 0 Å². The largest absolute Gasteiger partial charge is 0.456 e. The van der Waals surface area contributed by atoms with Crippen LogP contribution in [0.15, 0.2) is 211 Å². The van der Waals surface area contributed by atoms with Crippen molar-refractivity contribution in [2.75, 3.05) is 0 Å². The van der Waals surface area contributed by atoms with E-state index < -0.39 is 0 Å². The highest BCUT2D eigenvalue weighted by Gasteiger charge is 2.24. The molecule has 4 heterocycles. The van der Waals surface area contributed by atoms with Crippen LogP contribution in [0.4, 0.5) is 0 Å². The lowest BCUT2D eigenvalue weighted by molar-refractivity contribution is 0.668. The number of para-hydroxylation sites is 1. The van der Waals surface area contributed by atoms with Crippen LogP contribution in [0.3, 0.4) is 0 Å². The number of hydrogen-bond acceptors (Lipinski definition) is 5. The summed E-state index contributed by atoms with van der Waals surface area (Å²) in [5.74, 6) is 1.78. The summed E-state index contributed by atoms with van der Waals surface area (Å²) < 4.78 is 11.7. The number of nitrogens with zero attached hydrogens (tertiary/aromatic N) is 4. The van der Waals surface area contributed by atoms with Gasteiger partial charge in [0.1, 0.15) is 11.2 Å². The fourth-order valence-electron chi connectivity index (χ4n) is 10.1. The molecule has 0 amide bonds. The van der Waals surface area contributed by atoms with E-state index in [1.165, 1.54) is 47.1 Å². The second kappa shape index (κ2) is 14.0. The summed E-state index contributed by atoms with van der Waals surface area (Å²) in [6, 6.07) is 73.2. The van der Waals surface area contributed by atoms with Gasteiger partial charge < -0.3 is 8.98 Å². The van der Waals surface area contributed by atoms with Gasteiger partial charge >= 0.3 is 0 Å². The molecule has 0 atom stereocenters. The number of benzene rings is 10. The van der Waals surface area contributed by atoms with E-state index in [4.69, 9.17) is 19.4 Å². The number of furan rings is 1. The van der Waals surface area contributed by atoms with Gasteiger partial charge in [-0.25, -0.2) is 15.0 Å². The molecule has 65 heavy (non-hydrogen) atoms. The summed E-state index contributed by atoms with van der Waals surface area (Å²) in [5.41, 5.74) is 9.73. The fraction of sp³-hybridized carbons (Fsp3) is 0. The number of rotatable bonds is 5. The first-order valence-corrected chi connectivity index (χ1v) is 22.7. The van der Waals surface area contributed by atoms with Gasteiger partial charge in [0.15, 0.2) is 17.5 Å². The molecule has 0 fully saturated rings. The zero-order chi connectivity index (χ0) is 42.6. The first-order chi connectivity index (χ1) is 32.2. The van der Waals surface area contributed by atoms with E-state index in [1.54, 1.807) is 11.3 Å². The normalized spacial score (nSPS) is 12.0. The first-order valence-electron chi connectivity index (χ1n) is 21.8. The molecule has 14 rings (SSSR count). The molecule has 0 aliphatic heterocycles. The van der Waals surface area contributed by atoms with Gasteiger partial charge in [0.25, 0.3) is 0 Å². The smallest absolute Gasteiger partial charge is 0.164 e. The molecule has 10 aromatic carbocycles. The minimum absolute atomic E-state index is 0.570. The number of aromatic nitrogens is 4. The van der Waals surface area contributed by atoms with Crippen LogP contribution in [0, 0.1) is 0 Å². The van der Waals surface area contributed by atoms with Crippen LogP contribution in [0.1, 0.15) is 0 Å². The van der Waals surface area contributed by atoms with Gasteiger partial charge in [-0.3, -0.25) is 0 Å². The summed E-state index contributed by atoms with van der Waals surface area (Å²) in [7, 11) is 0. The van der Waals surface area contributed by atoms with Crippen molar-refractivity contribution >= 4 is 96.8 Å².